The van der Waals surface area contributed by atoms with Crippen LogP contribution in [0.2, 0.25) is 0 Å². The molecule has 1 aromatic rings. The molecular formula is C14H17NO. The van der Waals surface area contributed by atoms with Crippen LogP contribution in [0.3, 0.4) is 0 Å². The molecule has 0 fully saturated rings. The number of hydrogen-bond donors (Lipinski definition) is 0. The van der Waals surface area contributed by atoms with Crippen molar-refractivity contribution >= 4 is 12.0 Å². The molecule has 0 N–H and O–H groups in total. The summed E-state index contributed by atoms with van der Waals surface area (Å²) in [5, 5.41) is 0. The summed E-state index contributed by atoms with van der Waals surface area (Å²) >= 11 is 0. The minimum atomic E-state index is -0.0813. The molecule has 0 aliphatic carbocycles. The average Bonchev–Trinajstić information content (AvgIpc) is 2.30. The Morgan fingerprint density at radius 3 is 2.44 bits per heavy atom. The maximum atomic E-state index is 11.5. The molecule has 1 amide bonds. The van der Waals surface area contributed by atoms with Crippen LogP contribution in [0, 0.1) is 0 Å². The Morgan fingerprint density at radius 1 is 1.31 bits per heavy atom. The van der Waals surface area contributed by atoms with Crippen LogP contribution in [-0.4, -0.2) is 16.8 Å². The van der Waals surface area contributed by atoms with Gasteiger partial charge >= 0.3 is 0 Å². The van der Waals surface area contributed by atoms with E-state index in [9.17, 15) is 4.79 Å². The topological polar surface area (TPSA) is 20.3 Å². The molecule has 1 aromatic carbocycles. The highest BCUT2D eigenvalue weighted by atomic mass is 16.2. The number of carbonyl (C=O) groups is 1. The lowest BCUT2D eigenvalue weighted by atomic mass is 10.2. The Kier molecular flexibility index (Phi) is 4.52. The Morgan fingerprint density at radius 2 is 1.94 bits per heavy atom. The van der Waals surface area contributed by atoms with Gasteiger partial charge in [0.25, 0.3) is 0 Å². The SMILES string of the molecule is C=CC(=O)N(C=Cc1ccccc1)C(C)C. The highest BCUT2D eigenvalue weighted by Gasteiger charge is 2.09. The van der Waals surface area contributed by atoms with Crippen LogP contribution in [0.1, 0.15) is 19.4 Å². The van der Waals surface area contributed by atoms with Crippen LogP contribution in [0.5, 0.6) is 0 Å². The predicted octanol–water partition coefficient (Wildman–Crippen LogP) is 3.08. The monoisotopic (exact) mass is 215 g/mol. The van der Waals surface area contributed by atoms with Crippen molar-refractivity contribution in [2.75, 3.05) is 0 Å². The normalized spacial score (nSPS) is 10.7. The van der Waals surface area contributed by atoms with E-state index in [-0.39, 0.29) is 11.9 Å². The fourth-order valence-corrected chi connectivity index (χ4v) is 1.34. The summed E-state index contributed by atoms with van der Waals surface area (Å²) < 4.78 is 0. The maximum absolute atomic E-state index is 11.5. The summed E-state index contributed by atoms with van der Waals surface area (Å²) in [5.41, 5.74) is 1.07. The number of amides is 1. The van der Waals surface area contributed by atoms with Gasteiger partial charge in [-0.25, -0.2) is 0 Å². The second-order valence-electron chi connectivity index (χ2n) is 3.77. The molecule has 0 bridgehead atoms. The van der Waals surface area contributed by atoms with Gasteiger partial charge in [-0.15, -0.1) is 0 Å². The van der Waals surface area contributed by atoms with Crippen LogP contribution >= 0.6 is 0 Å². The van der Waals surface area contributed by atoms with Crippen molar-refractivity contribution in [1.82, 2.24) is 4.90 Å². The molecule has 0 radical (unpaired) electrons. The smallest absolute Gasteiger partial charge is 0.250 e. The van der Waals surface area contributed by atoms with Gasteiger partial charge in [0.2, 0.25) is 5.91 Å². The van der Waals surface area contributed by atoms with Crippen LogP contribution < -0.4 is 0 Å². The number of nitrogens with zero attached hydrogens (tertiary/aromatic N) is 1. The Balaban J connectivity index is 2.80. The second kappa shape index (κ2) is 5.91. The van der Waals surface area contributed by atoms with E-state index in [1.54, 1.807) is 11.1 Å². The molecule has 2 heteroatoms. The second-order valence-corrected chi connectivity index (χ2v) is 3.77. The minimum absolute atomic E-state index is 0.0813. The number of hydrogen-bond acceptors (Lipinski definition) is 1. The van der Waals surface area contributed by atoms with Crippen molar-refractivity contribution in [3.63, 3.8) is 0 Å². The molecule has 0 spiro atoms. The first-order chi connectivity index (χ1) is 7.65. The van der Waals surface area contributed by atoms with Crippen LogP contribution in [0.25, 0.3) is 6.08 Å². The lowest BCUT2D eigenvalue weighted by Gasteiger charge is -2.20. The van der Waals surface area contributed by atoms with Crippen LogP contribution in [0.4, 0.5) is 0 Å². The van der Waals surface area contributed by atoms with E-state index in [4.69, 9.17) is 0 Å². The van der Waals surface area contributed by atoms with E-state index in [2.05, 4.69) is 6.58 Å². The van der Waals surface area contributed by atoms with E-state index in [1.165, 1.54) is 6.08 Å². The van der Waals surface area contributed by atoms with Crippen molar-refractivity contribution < 1.29 is 4.79 Å². The largest absolute Gasteiger partial charge is 0.313 e. The van der Waals surface area contributed by atoms with Gasteiger partial charge in [-0.05, 0) is 31.6 Å². The maximum Gasteiger partial charge on any atom is 0.250 e. The molecule has 84 valence electrons. The highest BCUT2D eigenvalue weighted by molar-refractivity contribution is 5.88. The average molecular weight is 215 g/mol. The van der Waals surface area contributed by atoms with Crippen molar-refractivity contribution in [1.29, 1.82) is 0 Å². The van der Waals surface area contributed by atoms with E-state index in [1.807, 2.05) is 50.3 Å². The Bertz CT molecular complexity index is 379. The highest BCUT2D eigenvalue weighted by Crippen LogP contribution is 2.06. The summed E-state index contributed by atoms with van der Waals surface area (Å²) in [4.78, 5) is 13.2. The first-order valence-corrected chi connectivity index (χ1v) is 5.33. The molecule has 0 heterocycles. The van der Waals surface area contributed by atoms with Crippen LogP contribution in [-0.2, 0) is 4.79 Å². The fraction of sp³-hybridized carbons (Fsp3) is 0.214. The lowest BCUT2D eigenvalue weighted by Crippen LogP contribution is -2.30. The molecule has 0 atom stereocenters. The molecule has 0 aromatic heterocycles. The summed E-state index contributed by atoms with van der Waals surface area (Å²) in [7, 11) is 0. The third-order valence-electron chi connectivity index (χ3n) is 2.21. The molecule has 0 aliphatic heterocycles. The number of benzene rings is 1. The number of carbonyl (C=O) groups excluding carboxylic acids is 1. The van der Waals surface area contributed by atoms with E-state index >= 15 is 0 Å². The third-order valence-corrected chi connectivity index (χ3v) is 2.21. The van der Waals surface area contributed by atoms with Gasteiger partial charge in [0.05, 0.1) is 0 Å². The fourth-order valence-electron chi connectivity index (χ4n) is 1.34. The van der Waals surface area contributed by atoms with Crippen molar-refractivity contribution in [3.8, 4) is 0 Å². The van der Waals surface area contributed by atoms with Gasteiger partial charge in [-0.2, -0.15) is 0 Å². The Hall–Kier alpha value is -1.83. The molecule has 0 unspecified atom stereocenters. The third kappa shape index (κ3) is 3.39. The summed E-state index contributed by atoms with van der Waals surface area (Å²) in [6.45, 7) is 7.43. The van der Waals surface area contributed by atoms with Gasteiger partial charge in [0, 0.05) is 12.2 Å². The van der Waals surface area contributed by atoms with Gasteiger partial charge in [-0.3, -0.25) is 4.79 Å². The zero-order chi connectivity index (χ0) is 12.0. The Labute approximate surface area is 96.9 Å². The van der Waals surface area contributed by atoms with E-state index in [0.29, 0.717) is 0 Å². The molecule has 16 heavy (non-hydrogen) atoms. The quantitative estimate of drug-likeness (QED) is 0.707. The van der Waals surface area contributed by atoms with E-state index in [0.717, 1.165) is 5.56 Å². The van der Waals surface area contributed by atoms with Crippen LogP contribution in [0.15, 0.2) is 49.2 Å². The van der Waals surface area contributed by atoms with Gasteiger partial charge in [-0.1, -0.05) is 36.9 Å². The zero-order valence-corrected chi connectivity index (χ0v) is 9.76. The first-order valence-electron chi connectivity index (χ1n) is 5.33. The molecule has 0 saturated carbocycles. The first kappa shape index (κ1) is 12.2. The number of rotatable bonds is 4. The summed E-state index contributed by atoms with van der Waals surface area (Å²) in [6.07, 6.45) is 5.04. The van der Waals surface area contributed by atoms with Gasteiger partial charge < -0.3 is 4.90 Å². The lowest BCUT2D eigenvalue weighted by molar-refractivity contribution is -0.124. The zero-order valence-electron chi connectivity index (χ0n) is 9.76. The molecule has 0 aliphatic rings. The van der Waals surface area contributed by atoms with Crippen molar-refractivity contribution in [3.05, 3.63) is 54.8 Å². The van der Waals surface area contributed by atoms with Crippen molar-refractivity contribution in [2.45, 2.75) is 19.9 Å². The van der Waals surface area contributed by atoms with Gasteiger partial charge in [0.15, 0.2) is 0 Å². The summed E-state index contributed by atoms with van der Waals surface area (Å²) in [6, 6.07) is 10.0. The summed E-state index contributed by atoms with van der Waals surface area (Å²) in [5.74, 6) is -0.0813. The van der Waals surface area contributed by atoms with Gasteiger partial charge in [0.1, 0.15) is 0 Å². The van der Waals surface area contributed by atoms with Crippen molar-refractivity contribution in [2.24, 2.45) is 0 Å². The molecule has 1 rings (SSSR count). The molecular weight excluding hydrogens is 198 g/mol. The predicted molar refractivity (Wildman–Crippen MR) is 67.7 cm³/mol. The standard InChI is InChI=1S/C14H17NO/c1-4-14(16)15(12(2)3)11-10-13-8-6-5-7-9-13/h4-12H,1H2,2-3H3. The molecule has 2 nitrogen and oxygen atoms in total. The molecule has 0 saturated heterocycles. The van der Waals surface area contributed by atoms with E-state index < -0.39 is 0 Å². The minimum Gasteiger partial charge on any atom is -0.313 e.